The quantitative estimate of drug-likeness (QED) is 0.407. The fourth-order valence-corrected chi connectivity index (χ4v) is 0.0781. The van der Waals surface area contributed by atoms with Crippen molar-refractivity contribution in [3.05, 3.63) is 0 Å². The second-order valence-electron chi connectivity index (χ2n) is 1.04. The first-order valence-corrected chi connectivity index (χ1v) is 1.70. The van der Waals surface area contributed by atoms with Gasteiger partial charge in [-0.2, -0.15) is 0 Å². The summed E-state index contributed by atoms with van der Waals surface area (Å²) in [5, 5.41) is 23.7. The van der Waals surface area contributed by atoms with Gasteiger partial charge in [0.2, 0.25) is 0 Å². The molecular formula is C3H8CaO4. The Bertz CT molecular complexity index is 80.9. The minimum Gasteiger partial charge on any atom is -1.00 e. The summed E-state index contributed by atoms with van der Waals surface area (Å²) in [4.78, 5) is 9.52. The van der Waals surface area contributed by atoms with Gasteiger partial charge in [-0.15, -0.1) is 0 Å². The number of carboxylic acid groups (broad SMARTS) is 1. The van der Waals surface area contributed by atoms with Crippen LogP contribution in [0.4, 0.5) is 0 Å². The van der Waals surface area contributed by atoms with Crippen LogP contribution in [0.15, 0.2) is 0 Å². The Morgan fingerprint density at radius 1 is 1.75 bits per heavy atom. The molecule has 0 heterocycles. The molecule has 46 valence electrons. The molecule has 0 spiro atoms. The maximum Gasteiger partial charge on any atom is 2.00 e. The van der Waals surface area contributed by atoms with E-state index in [1.54, 1.807) is 0 Å². The average Bonchev–Trinajstić information content (AvgIpc) is 1.65. The number of carbonyl (C=O) groups is 1. The van der Waals surface area contributed by atoms with Crippen molar-refractivity contribution in [2.24, 2.45) is 0 Å². The van der Waals surface area contributed by atoms with E-state index in [-0.39, 0.29) is 40.6 Å². The monoisotopic (exact) mass is 148 g/mol. The summed E-state index contributed by atoms with van der Waals surface area (Å²) >= 11 is 0. The van der Waals surface area contributed by atoms with Gasteiger partial charge in [0.1, 0.15) is 0 Å². The largest absolute Gasteiger partial charge is 2.00 e. The van der Waals surface area contributed by atoms with Crippen LogP contribution in [0.2, 0.25) is 0 Å². The SMILES string of the molecule is O=C(O)C(O)CO.[Ca+2].[H-].[H-]. The number of carboxylic acids is 1. The fourth-order valence-electron chi connectivity index (χ4n) is 0.0781. The zero-order valence-electron chi connectivity index (χ0n) is 6.24. The zero-order chi connectivity index (χ0) is 5.86. The summed E-state index contributed by atoms with van der Waals surface area (Å²) in [6.45, 7) is -0.727. The van der Waals surface area contributed by atoms with Gasteiger partial charge in [0.15, 0.2) is 6.10 Å². The molecule has 0 aliphatic carbocycles. The van der Waals surface area contributed by atoms with Gasteiger partial charge in [0, 0.05) is 0 Å². The zero-order valence-corrected chi connectivity index (χ0v) is 6.45. The summed E-state index contributed by atoms with van der Waals surface area (Å²) in [5.41, 5.74) is 0. The summed E-state index contributed by atoms with van der Waals surface area (Å²) in [7, 11) is 0. The van der Waals surface area contributed by atoms with E-state index in [0.717, 1.165) is 0 Å². The van der Waals surface area contributed by atoms with E-state index < -0.39 is 18.7 Å². The third-order valence-electron chi connectivity index (χ3n) is 0.458. The maximum atomic E-state index is 9.52. The fraction of sp³-hybridized carbons (Fsp3) is 0.667. The summed E-state index contributed by atoms with van der Waals surface area (Å²) in [5.74, 6) is -1.40. The minimum absolute atomic E-state index is 0. The van der Waals surface area contributed by atoms with Crippen LogP contribution in [0.3, 0.4) is 0 Å². The Labute approximate surface area is 79.1 Å². The van der Waals surface area contributed by atoms with Gasteiger partial charge in [-0.25, -0.2) is 4.79 Å². The number of aliphatic carboxylic acids is 1. The second-order valence-corrected chi connectivity index (χ2v) is 1.04. The van der Waals surface area contributed by atoms with Crippen molar-refractivity contribution in [3.8, 4) is 0 Å². The Morgan fingerprint density at radius 2 is 2.12 bits per heavy atom. The molecule has 0 bridgehead atoms. The Hall–Kier alpha value is 0.650. The topological polar surface area (TPSA) is 77.8 Å². The van der Waals surface area contributed by atoms with Gasteiger partial charge in [-0.1, -0.05) is 0 Å². The first-order chi connectivity index (χ1) is 3.18. The molecule has 5 heteroatoms. The van der Waals surface area contributed by atoms with Gasteiger partial charge in [-0.05, 0) is 0 Å². The number of hydrogen-bond acceptors (Lipinski definition) is 3. The van der Waals surface area contributed by atoms with Crippen molar-refractivity contribution >= 4 is 43.7 Å². The summed E-state index contributed by atoms with van der Waals surface area (Å²) < 4.78 is 0. The van der Waals surface area contributed by atoms with Gasteiger partial charge in [-0.3, -0.25) is 0 Å². The van der Waals surface area contributed by atoms with Crippen molar-refractivity contribution in [2.45, 2.75) is 6.10 Å². The molecule has 1 atom stereocenters. The Morgan fingerprint density at radius 3 is 2.12 bits per heavy atom. The molecule has 0 saturated carbocycles. The van der Waals surface area contributed by atoms with E-state index in [4.69, 9.17) is 15.3 Å². The second kappa shape index (κ2) is 5.78. The molecule has 3 N–H and O–H groups in total. The molecule has 0 fully saturated rings. The standard InChI is InChI=1S/C3H6O4.Ca.2H/c4-1-2(5)3(6)7;;;/h2,4-5H,1H2,(H,6,7);;;/q;+2;2*-1. The molecule has 4 nitrogen and oxygen atoms in total. The molecule has 0 rings (SSSR count). The third kappa shape index (κ3) is 4.80. The molecule has 0 radical (unpaired) electrons. The van der Waals surface area contributed by atoms with Crippen LogP contribution in [-0.2, 0) is 4.79 Å². The van der Waals surface area contributed by atoms with Gasteiger partial charge < -0.3 is 18.2 Å². The predicted octanol–water partition coefficient (Wildman–Crippen LogP) is -1.73. The molecule has 0 aromatic rings. The van der Waals surface area contributed by atoms with Crippen LogP contribution < -0.4 is 0 Å². The molecule has 0 aromatic carbocycles. The van der Waals surface area contributed by atoms with Crippen molar-refractivity contribution in [3.63, 3.8) is 0 Å². The van der Waals surface area contributed by atoms with Crippen LogP contribution in [0.1, 0.15) is 2.85 Å². The molecule has 0 aliphatic heterocycles. The van der Waals surface area contributed by atoms with E-state index in [1.807, 2.05) is 0 Å². The van der Waals surface area contributed by atoms with Crippen LogP contribution in [0.25, 0.3) is 0 Å². The first-order valence-electron chi connectivity index (χ1n) is 1.70. The number of hydrogen-bond donors (Lipinski definition) is 3. The summed E-state index contributed by atoms with van der Waals surface area (Å²) in [6.07, 6.45) is -1.63. The average molecular weight is 148 g/mol. The summed E-state index contributed by atoms with van der Waals surface area (Å²) in [6, 6.07) is 0. The van der Waals surface area contributed by atoms with E-state index in [0.29, 0.717) is 0 Å². The van der Waals surface area contributed by atoms with Crippen LogP contribution in [0.5, 0.6) is 0 Å². The van der Waals surface area contributed by atoms with E-state index >= 15 is 0 Å². The molecule has 0 aromatic heterocycles. The van der Waals surface area contributed by atoms with Gasteiger partial charge >= 0.3 is 43.7 Å². The molecule has 8 heavy (non-hydrogen) atoms. The van der Waals surface area contributed by atoms with Gasteiger partial charge in [0.25, 0.3) is 0 Å². The molecule has 0 saturated heterocycles. The Balaban J connectivity index is -0.0000000600. The van der Waals surface area contributed by atoms with Gasteiger partial charge in [0.05, 0.1) is 6.61 Å². The maximum absolute atomic E-state index is 9.52. The van der Waals surface area contributed by atoms with Crippen molar-refractivity contribution in [1.29, 1.82) is 0 Å². The van der Waals surface area contributed by atoms with E-state index in [1.165, 1.54) is 0 Å². The first kappa shape index (κ1) is 11.4. The normalized spacial score (nSPS) is 11.8. The van der Waals surface area contributed by atoms with Crippen LogP contribution in [-0.4, -0.2) is 71.7 Å². The third-order valence-corrected chi connectivity index (χ3v) is 0.458. The molecular weight excluding hydrogens is 140 g/mol. The van der Waals surface area contributed by atoms with Crippen molar-refractivity contribution in [1.82, 2.24) is 0 Å². The molecule has 0 aliphatic rings. The smallest absolute Gasteiger partial charge is 1.00 e. The minimum atomic E-state index is -1.63. The van der Waals surface area contributed by atoms with Crippen molar-refractivity contribution in [2.75, 3.05) is 6.61 Å². The Kier molecular flexibility index (Phi) is 8.27. The van der Waals surface area contributed by atoms with E-state index in [2.05, 4.69) is 0 Å². The van der Waals surface area contributed by atoms with Crippen LogP contribution >= 0.6 is 0 Å². The van der Waals surface area contributed by atoms with Crippen molar-refractivity contribution < 1.29 is 23.0 Å². The number of rotatable bonds is 2. The van der Waals surface area contributed by atoms with E-state index in [9.17, 15) is 4.79 Å². The predicted molar refractivity (Wildman–Crippen MR) is 28.7 cm³/mol. The molecule has 1 unspecified atom stereocenters. The number of aliphatic hydroxyl groups is 2. The number of aliphatic hydroxyl groups excluding tert-OH is 2. The van der Waals surface area contributed by atoms with Crippen LogP contribution in [0, 0.1) is 0 Å². The molecule has 0 amide bonds.